The zero-order chi connectivity index (χ0) is 13.7. The molecule has 0 heterocycles. The van der Waals surface area contributed by atoms with E-state index in [1.807, 2.05) is 0 Å². The maximum Gasteiger partial charge on any atom is 0.310 e. The first kappa shape index (κ1) is 14.4. The standard InChI is InChI=1S/C11H11ClFNO4/c1-2-18-11(15)5-7-8(6-12)10(14(16)17)4-3-9(7)13/h3-4H,2,5-6H2,1H3. The summed E-state index contributed by atoms with van der Waals surface area (Å²) >= 11 is 5.59. The van der Waals surface area contributed by atoms with Gasteiger partial charge >= 0.3 is 5.97 Å². The molecule has 0 fully saturated rings. The molecule has 0 aromatic heterocycles. The summed E-state index contributed by atoms with van der Waals surface area (Å²) in [6, 6.07) is 1.98. The molecule has 0 saturated heterocycles. The topological polar surface area (TPSA) is 69.4 Å². The van der Waals surface area contributed by atoms with Crippen LogP contribution in [0.1, 0.15) is 18.1 Å². The monoisotopic (exact) mass is 275 g/mol. The highest BCUT2D eigenvalue weighted by Crippen LogP contribution is 2.27. The van der Waals surface area contributed by atoms with Crippen LogP contribution in [0.15, 0.2) is 12.1 Å². The Labute approximate surface area is 108 Å². The van der Waals surface area contributed by atoms with E-state index in [1.54, 1.807) is 6.92 Å². The second kappa shape index (κ2) is 6.30. The number of hydrogen-bond donors (Lipinski definition) is 0. The molecular weight excluding hydrogens is 265 g/mol. The lowest BCUT2D eigenvalue weighted by Crippen LogP contribution is -2.11. The van der Waals surface area contributed by atoms with Gasteiger partial charge in [-0.1, -0.05) is 0 Å². The fraction of sp³-hybridized carbons (Fsp3) is 0.364. The number of alkyl halides is 1. The van der Waals surface area contributed by atoms with Gasteiger partial charge in [-0.2, -0.15) is 0 Å². The Morgan fingerprint density at radius 3 is 2.67 bits per heavy atom. The van der Waals surface area contributed by atoms with Crippen molar-refractivity contribution in [2.75, 3.05) is 6.61 Å². The molecule has 7 heteroatoms. The Morgan fingerprint density at radius 2 is 2.17 bits per heavy atom. The minimum atomic E-state index is -0.704. The molecular formula is C11H11ClFNO4. The van der Waals surface area contributed by atoms with Gasteiger partial charge in [-0.25, -0.2) is 4.39 Å². The molecule has 0 aliphatic carbocycles. The highest BCUT2D eigenvalue weighted by Gasteiger charge is 2.22. The number of ether oxygens (including phenoxy) is 1. The third kappa shape index (κ3) is 3.16. The fourth-order valence-corrected chi connectivity index (χ4v) is 1.82. The molecule has 0 unspecified atom stereocenters. The van der Waals surface area contributed by atoms with Crippen molar-refractivity contribution in [3.05, 3.63) is 39.2 Å². The number of nitro groups is 1. The Hall–Kier alpha value is -1.69. The predicted molar refractivity (Wildman–Crippen MR) is 62.9 cm³/mol. The lowest BCUT2D eigenvalue weighted by Gasteiger charge is -2.08. The number of carbonyl (C=O) groups is 1. The number of esters is 1. The molecule has 0 atom stereocenters. The molecule has 1 aromatic rings. The number of nitro benzene ring substituents is 1. The summed E-state index contributed by atoms with van der Waals surface area (Å²) in [5.41, 5.74) is -0.377. The first-order valence-corrected chi connectivity index (χ1v) is 5.70. The van der Waals surface area contributed by atoms with Crippen LogP contribution in [0.3, 0.4) is 0 Å². The van der Waals surface area contributed by atoms with Crippen LogP contribution >= 0.6 is 11.6 Å². The van der Waals surface area contributed by atoms with Crippen molar-refractivity contribution in [3.63, 3.8) is 0 Å². The number of benzene rings is 1. The van der Waals surface area contributed by atoms with Crippen molar-refractivity contribution in [1.82, 2.24) is 0 Å². The quantitative estimate of drug-likeness (QED) is 0.358. The zero-order valence-corrected chi connectivity index (χ0v) is 10.4. The third-order valence-electron chi connectivity index (χ3n) is 2.31. The van der Waals surface area contributed by atoms with E-state index in [9.17, 15) is 19.3 Å². The summed E-state index contributed by atoms with van der Waals surface area (Å²) in [6.07, 6.45) is -0.372. The molecule has 0 aliphatic heterocycles. The number of rotatable bonds is 5. The van der Waals surface area contributed by atoms with Gasteiger partial charge in [0, 0.05) is 11.6 Å². The van der Waals surface area contributed by atoms with Crippen LogP contribution in [-0.4, -0.2) is 17.5 Å². The average molecular weight is 276 g/mol. The lowest BCUT2D eigenvalue weighted by atomic mass is 10.0. The van der Waals surface area contributed by atoms with Gasteiger partial charge in [0.05, 0.1) is 29.4 Å². The van der Waals surface area contributed by atoms with E-state index in [0.29, 0.717) is 0 Å². The molecule has 98 valence electrons. The smallest absolute Gasteiger partial charge is 0.310 e. The van der Waals surface area contributed by atoms with E-state index in [0.717, 1.165) is 12.1 Å². The van der Waals surface area contributed by atoms with Gasteiger partial charge in [0.1, 0.15) is 5.82 Å². The Bertz CT molecular complexity index is 478. The van der Waals surface area contributed by atoms with Crippen molar-refractivity contribution >= 4 is 23.3 Å². The number of nitrogens with zero attached hydrogens (tertiary/aromatic N) is 1. The summed E-state index contributed by atoms with van der Waals surface area (Å²) in [5.74, 6) is -1.60. The molecule has 0 N–H and O–H groups in total. The molecule has 0 radical (unpaired) electrons. The first-order valence-electron chi connectivity index (χ1n) is 5.17. The van der Waals surface area contributed by atoms with Gasteiger partial charge in [0.15, 0.2) is 0 Å². The van der Waals surface area contributed by atoms with E-state index < -0.39 is 16.7 Å². The summed E-state index contributed by atoms with van der Waals surface area (Å²) < 4.78 is 18.3. The fourth-order valence-electron chi connectivity index (χ4n) is 1.52. The number of halogens is 2. The molecule has 18 heavy (non-hydrogen) atoms. The molecule has 0 aliphatic rings. The van der Waals surface area contributed by atoms with Crippen LogP contribution in [0.4, 0.5) is 10.1 Å². The van der Waals surface area contributed by atoms with Gasteiger partial charge in [-0.3, -0.25) is 14.9 Å². The maximum absolute atomic E-state index is 13.6. The summed E-state index contributed by atoms with van der Waals surface area (Å²) in [5, 5.41) is 10.8. The average Bonchev–Trinajstić information content (AvgIpc) is 2.31. The summed E-state index contributed by atoms with van der Waals surface area (Å²) in [7, 11) is 0. The van der Waals surface area contributed by atoms with Crippen molar-refractivity contribution in [2.24, 2.45) is 0 Å². The zero-order valence-electron chi connectivity index (χ0n) is 9.61. The van der Waals surface area contributed by atoms with Crippen LogP contribution in [0, 0.1) is 15.9 Å². The third-order valence-corrected chi connectivity index (χ3v) is 2.57. The van der Waals surface area contributed by atoms with Gasteiger partial charge in [-0.15, -0.1) is 11.6 Å². The van der Waals surface area contributed by atoms with Crippen LogP contribution in [-0.2, 0) is 21.8 Å². The van der Waals surface area contributed by atoms with Crippen LogP contribution < -0.4 is 0 Å². The van der Waals surface area contributed by atoms with Crippen molar-refractivity contribution < 1.29 is 18.8 Å². The molecule has 0 spiro atoms. The van der Waals surface area contributed by atoms with E-state index >= 15 is 0 Å². The highest BCUT2D eigenvalue weighted by molar-refractivity contribution is 6.17. The van der Waals surface area contributed by atoms with Crippen molar-refractivity contribution in [2.45, 2.75) is 19.2 Å². The van der Waals surface area contributed by atoms with Crippen molar-refractivity contribution in [3.8, 4) is 0 Å². The minimum Gasteiger partial charge on any atom is -0.466 e. The second-order valence-electron chi connectivity index (χ2n) is 3.40. The maximum atomic E-state index is 13.6. The van der Waals surface area contributed by atoms with Crippen molar-refractivity contribution in [1.29, 1.82) is 0 Å². The van der Waals surface area contributed by atoms with E-state index in [4.69, 9.17) is 11.6 Å². The number of carbonyl (C=O) groups excluding carboxylic acids is 1. The molecule has 0 amide bonds. The predicted octanol–water partition coefficient (Wildman–Crippen LogP) is 2.58. The lowest BCUT2D eigenvalue weighted by molar-refractivity contribution is -0.385. The Balaban J connectivity index is 3.19. The van der Waals surface area contributed by atoms with Crippen LogP contribution in [0.25, 0.3) is 0 Å². The summed E-state index contributed by atoms with van der Waals surface area (Å²) in [6.45, 7) is 1.77. The van der Waals surface area contributed by atoms with Gasteiger partial charge < -0.3 is 4.74 Å². The molecule has 1 aromatic carbocycles. The number of hydrogen-bond acceptors (Lipinski definition) is 4. The van der Waals surface area contributed by atoms with Crippen LogP contribution in [0.5, 0.6) is 0 Å². The van der Waals surface area contributed by atoms with Crippen LogP contribution in [0.2, 0.25) is 0 Å². The molecule has 0 saturated carbocycles. The molecule has 1 rings (SSSR count). The normalized spacial score (nSPS) is 10.2. The van der Waals surface area contributed by atoms with Gasteiger partial charge in [0.25, 0.3) is 5.69 Å². The second-order valence-corrected chi connectivity index (χ2v) is 3.66. The summed E-state index contributed by atoms with van der Waals surface area (Å²) in [4.78, 5) is 21.4. The van der Waals surface area contributed by atoms with E-state index in [2.05, 4.69) is 4.74 Å². The Morgan fingerprint density at radius 1 is 1.50 bits per heavy atom. The first-order chi connectivity index (χ1) is 8.51. The molecule has 0 bridgehead atoms. The van der Waals surface area contributed by atoms with E-state index in [-0.39, 0.29) is 35.7 Å². The molecule has 5 nitrogen and oxygen atoms in total. The SMILES string of the molecule is CCOC(=O)Cc1c(F)ccc([N+](=O)[O-])c1CCl. The van der Waals surface area contributed by atoms with Gasteiger partial charge in [-0.05, 0) is 13.0 Å². The Kier molecular flexibility index (Phi) is 5.03. The van der Waals surface area contributed by atoms with E-state index in [1.165, 1.54) is 0 Å². The largest absolute Gasteiger partial charge is 0.466 e. The highest BCUT2D eigenvalue weighted by atomic mass is 35.5. The van der Waals surface area contributed by atoms with Gasteiger partial charge in [0.2, 0.25) is 0 Å². The minimum absolute atomic E-state index is 0.00900.